The smallest absolute Gasteiger partial charge is 0.119 e. The highest BCUT2D eigenvalue weighted by Crippen LogP contribution is 2.37. The molecule has 17 rings (SSSR count). The summed E-state index contributed by atoms with van der Waals surface area (Å²) in [5.41, 5.74) is 17.8. The quantitative estimate of drug-likeness (QED) is 0.157. The van der Waals surface area contributed by atoms with E-state index in [0.717, 1.165) is 78.7 Å². The lowest BCUT2D eigenvalue weighted by Crippen LogP contribution is -2.14. The first kappa shape index (κ1) is 77.4. The molecule has 552 valence electrons. The Labute approximate surface area is 622 Å². The Hall–Kier alpha value is -9.68. The summed E-state index contributed by atoms with van der Waals surface area (Å²) >= 11 is 0. The highest BCUT2D eigenvalue weighted by atomic mass is 16.6. The maximum atomic E-state index is 5.94. The van der Waals surface area contributed by atoms with Crippen LogP contribution >= 0.6 is 0 Å². The van der Waals surface area contributed by atoms with Crippen molar-refractivity contribution in [3.8, 4) is 79.0 Å². The number of nitrogens with zero attached hydrogens (tertiary/aromatic N) is 8. The molecular formula is C86H96N8O12. The zero-order valence-electron chi connectivity index (χ0n) is 61.7. The van der Waals surface area contributed by atoms with E-state index in [1.165, 1.54) is 11.1 Å². The fourth-order valence-electron chi connectivity index (χ4n) is 11.0. The monoisotopic (exact) mass is 1430 g/mol. The molecule has 20 nitrogen and oxygen atoms in total. The van der Waals surface area contributed by atoms with Crippen LogP contribution in [0.2, 0.25) is 0 Å². The van der Waals surface area contributed by atoms with Crippen molar-refractivity contribution in [2.24, 2.45) is 20.5 Å². The Morgan fingerprint density at radius 3 is 0.783 bits per heavy atom. The van der Waals surface area contributed by atoms with Gasteiger partial charge in [0.2, 0.25) is 0 Å². The van der Waals surface area contributed by atoms with E-state index in [4.69, 9.17) is 66.8 Å². The molecule has 4 aromatic heterocycles. The van der Waals surface area contributed by atoms with Crippen LogP contribution in [-0.2, 0) is 71.4 Å². The molecule has 7 aliphatic heterocycles. The minimum absolute atomic E-state index is 0.00744. The summed E-state index contributed by atoms with van der Waals surface area (Å²) in [6.45, 7) is 23.1. The lowest BCUT2D eigenvalue weighted by Gasteiger charge is -2.19. The number of hydrogen-bond donors (Lipinski definition) is 0. The summed E-state index contributed by atoms with van der Waals surface area (Å²) in [4.78, 5) is 20.0. The van der Waals surface area contributed by atoms with Crippen LogP contribution in [-0.4, -0.2) is 152 Å². The molecule has 0 fully saturated rings. The molecule has 0 atom stereocenters. The molecule has 11 heterocycles. The van der Waals surface area contributed by atoms with Gasteiger partial charge in [-0.15, -0.1) is 0 Å². The zero-order valence-corrected chi connectivity index (χ0v) is 61.7. The number of benzene rings is 6. The summed E-state index contributed by atoms with van der Waals surface area (Å²) in [5.74, 6) is 1.41. The van der Waals surface area contributed by atoms with Crippen LogP contribution in [0.3, 0.4) is 0 Å². The number of aromatic nitrogens is 4. The minimum atomic E-state index is -0.00744. The third kappa shape index (κ3) is 25.3. The van der Waals surface area contributed by atoms with E-state index in [0.29, 0.717) is 180 Å². The van der Waals surface area contributed by atoms with E-state index < -0.39 is 0 Å². The van der Waals surface area contributed by atoms with Crippen LogP contribution in [0.5, 0.6) is 11.5 Å². The summed E-state index contributed by atoms with van der Waals surface area (Å²) in [6.07, 6.45) is 3.61. The molecule has 106 heavy (non-hydrogen) atoms. The average molecular weight is 1430 g/mol. The van der Waals surface area contributed by atoms with Crippen LogP contribution in [0.1, 0.15) is 63.8 Å². The van der Waals surface area contributed by atoms with Crippen molar-refractivity contribution in [1.82, 2.24) is 19.9 Å². The predicted molar refractivity (Wildman–Crippen MR) is 412 cm³/mol. The lowest BCUT2D eigenvalue weighted by molar-refractivity contribution is -0.0140. The maximum Gasteiger partial charge on any atom is 0.119 e. The maximum absolute atomic E-state index is 5.94. The van der Waals surface area contributed by atoms with E-state index in [9.17, 15) is 0 Å². The molecule has 6 aromatic carbocycles. The van der Waals surface area contributed by atoms with Crippen LogP contribution in [0.4, 0.5) is 22.7 Å². The molecule has 0 saturated carbocycles. The molecule has 0 N–H and O–H groups in total. The molecular weight excluding hydrogens is 1340 g/mol. The fraction of sp³-hybridized carbons (Fsp3) is 0.349. The Morgan fingerprint density at radius 2 is 0.500 bits per heavy atom. The number of fused-ring (bicyclic) bond motifs is 6. The number of rotatable bonds is 2. The van der Waals surface area contributed by atoms with Crippen molar-refractivity contribution >= 4 is 22.7 Å². The predicted octanol–water partition coefficient (Wildman–Crippen LogP) is 18.3. The Balaban J connectivity index is 0.722. The lowest BCUT2D eigenvalue weighted by atomic mass is 9.86. The van der Waals surface area contributed by atoms with Crippen molar-refractivity contribution < 1.29 is 56.8 Å². The molecule has 0 saturated heterocycles. The van der Waals surface area contributed by atoms with Crippen molar-refractivity contribution in [3.05, 3.63) is 229 Å². The third-order valence-corrected chi connectivity index (χ3v) is 17.1. The third-order valence-electron chi connectivity index (χ3n) is 17.1. The molecule has 16 bridgehead atoms. The van der Waals surface area contributed by atoms with Crippen LogP contribution < -0.4 is 9.47 Å². The van der Waals surface area contributed by atoms with Gasteiger partial charge in [0.25, 0.3) is 0 Å². The summed E-state index contributed by atoms with van der Waals surface area (Å²) in [6, 6.07) is 65.1. The number of azo groups is 2. The Morgan fingerprint density at radius 1 is 0.236 bits per heavy atom. The molecule has 0 spiro atoms. The van der Waals surface area contributed by atoms with Crippen molar-refractivity contribution in [1.29, 1.82) is 0 Å². The van der Waals surface area contributed by atoms with Crippen LogP contribution in [0.15, 0.2) is 227 Å². The SMILES string of the molecule is CC(C)(C)c1ccc(-c2cc3nc(c2)-c2cc(-c4ccc(C(C)(C)C)cc4)cc(n2)-c2ccc(cc2)N=Nc2ccc(cc2)OCCOCCOCCOCCOCCOCc2ccc(nc2)-c2ccc(cn2)COCCOCCOCCOCCOCCOc2ccc(cc2)N=Nc2ccc-3cc2)cc1. The number of pyridine rings is 4. The van der Waals surface area contributed by atoms with Gasteiger partial charge in [-0.3, -0.25) is 9.97 Å². The molecule has 0 unspecified atom stereocenters. The first-order valence-corrected chi connectivity index (χ1v) is 36.3. The van der Waals surface area contributed by atoms with Gasteiger partial charge in [-0.05, 0) is 165 Å². The van der Waals surface area contributed by atoms with Gasteiger partial charge in [0.1, 0.15) is 24.7 Å². The van der Waals surface area contributed by atoms with Gasteiger partial charge in [0, 0.05) is 23.5 Å². The largest absolute Gasteiger partial charge is 0.491 e. The van der Waals surface area contributed by atoms with E-state index in [1.807, 2.05) is 121 Å². The first-order chi connectivity index (χ1) is 51.8. The minimum Gasteiger partial charge on any atom is -0.491 e. The molecule has 0 aliphatic carbocycles. The summed E-state index contributed by atoms with van der Waals surface area (Å²) in [5, 5.41) is 18.3. The van der Waals surface area contributed by atoms with Crippen molar-refractivity contribution in [3.63, 3.8) is 0 Å². The molecule has 7 aliphatic rings. The van der Waals surface area contributed by atoms with E-state index in [1.54, 1.807) is 12.4 Å². The Bertz CT molecular complexity index is 4030. The van der Waals surface area contributed by atoms with E-state index in [2.05, 4.69) is 145 Å². The second-order valence-electron chi connectivity index (χ2n) is 27.2. The number of hydrogen-bond acceptors (Lipinski definition) is 20. The average Bonchev–Trinajstić information content (AvgIpc) is 0.779. The highest BCUT2D eigenvalue weighted by Gasteiger charge is 2.19. The van der Waals surface area contributed by atoms with Gasteiger partial charge < -0.3 is 56.8 Å². The van der Waals surface area contributed by atoms with Gasteiger partial charge in [-0.25, -0.2) is 9.97 Å². The summed E-state index contributed by atoms with van der Waals surface area (Å²) in [7, 11) is 0. The van der Waals surface area contributed by atoms with Crippen LogP contribution in [0.25, 0.3) is 67.5 Å². The van der Waals surface area contributed by atoms with Crippen molar-refractivity contribution in [2.45, 2.75) is 65.6 Å². The Kier molecular flexibility index (Phi) is 29.7. The highest BCUT2D eigenvalue weighted by molar-refractivity contribution is 5.80. The van der Waals surface area contributed by atoms with E-state index >= 15 is 0 Å². The molecule has 10 aromatic rings. The standard InChI is InChI=1S/C86H96N8O12/c1-85(2,3)71-17-9-65(10-18-71)69-55-81-67-13-21-73(22-14-67)91-93-75-25-29-77(30-26-75)105-53-51-101-45-43-97-37-35-95-39-41-99-47-49-103-61-63-7-33-79(87-59-63)80-34-8-64(60-88-80)62-104-50-48-100-42-40-96-36-38-98-44-46-102-52-54-106-78-31-27-76(28-32-78)94-92-74-23-15-68(16-24-74)82-56-70(58-84(90-82)83(57-69)89-81)66-11-19-72(20-12-66)86(4,5)6/h7-34,55-60H,35-54,61-62H2,1-6H3. The number of ether oxygens (including phenoxy) is 12. The summed E-state index contributed by atoms with van der Waals surface area (Å²) < 4.78 is 69.0. The van der Waals surface area contributed by atoms with Gasteiger partial charge in [-0.2, -0.15) is 20.5 Å². The van der Waals surface area contributed by atoms with Crippen molar-refractivity contribution in [2.75, 3.05) is 132 Å². The first-order valence-electron chi connectivity index (χ1n) is 36.3. The van der Waals surface area contributed by atoms with Gasteiger partial charge in [-0.1, -0.05) is 126 Å². The second-order valence-corrected chi connectivity index (χ2v) is 27.2. The fourth-order valence-corrected chi connectivity index (χ4v) is 11.0. The topological polar surface area (TPSA) is 212 Å². The van der Waals surface area contributed by atoms with Gasteiger partial charge in [0.15, 0.2) is 0 Å². The zero-order chi connectivity index (χ0) is 73.4. The molecule has 0 radical (unpaired) electrons. The van der Waals surface area contributed by atoms with Gasteiger partial charge >= 0.3 is 0 Å². The van der Waals surface area contributed by atoms with Gasteiger partial charge in [0.05, 0.1) is 189 Å². The van der Waals surface area contributed by atoms with E-state index in [-0.39, 0.29) is 10.8 Å². The normalized spacial score (nSPS) is 15.8. The van der Waals surface area contributed by atoms with Crippen LogP contribution in [0, 0.1) is 0 Å². The molecule has 0 amide bonds. The molecule has 20 heteroatoms. The second kappa shape index (κ2) is 40.7.